The summed E-state index contributed by atoms with van der Waals surface area (Å²) in [6.07, 6.45) is 5.52. The Hall–Kier alpha value is -0.450. The zero-order chi connectivity index (χ0) is 13.4. The van der Waals surface area contributed by atoms with Gasteiger partial charge in [-0.1, -0.05) is 20.3 Å². The van der Waals surface area contributed by atoms with Gasteiger partial charge in [0.05, 0.1) is 5.01 Å². The molecule has 0 saturated heterocycles. The molecule has 3 unspecified atom stereocenters. The fourth-order valence-electron chi connectivity index (χ4n) is 2.00. The molecule has 3 N–H and O–H groups in total. The Morgan fingerprint density at radius 1 is 1.28 bits per heavy atom. The Balaban J connectivity index is 2.06. The number of nitrogens with zero attached hydrogens (tertiary/aromatic N) is 1. The molecule has 3 nitrogen and oxygen atoms in total. The molecule has 0 aliphatic heterocycles. The van der Waals surface area contributed by atoms with E-state index in [1.165, 1.54) is 17.8 Å². The highest BCUT2D eigenvalue weighted by molar-refractivity contribution is 7.09. The third-order valence-electron chi connectivity index (χ3n) is 3.17. The van der Waals surface area contributed by atoms with Crippen molar-refractivity contribution < 1.29 is 0 Å². The molecule has 1 aromatic rings. The molecular formula is C14H27N3S. The van der Waals surface area contributed by atoms with Gasteiger partial charge in [0.1, 0.15) is 0 Å². The van der Waals surface area contributed by atoms with Gasteiger partial charge in [0.2, 0.25) is 0 Å². The molecule has 0 saturated carbocycles. The Morgan fingerprint density at radius 2 is 2.06 bits per heavy atom. The van der Waals surface area contributed by atoms with Crippen LogP contribution in [0.25, 0.3) is 0 Å². The fourth-order valence-corrected chi connectivity index (χ4v) is 2.70. The number of thiazole rings is 1. The molecule has 1 rings (SSSR count). The average Bonchev–Trinajstić information content (AvgIpc) is 2.81. The van der Waals surface area contributed by atoms with Crippen molar-refractivity contribution in [2.45, 2.75) is 52.0 Å². The molecule has 0 amide bonds. The third-order valence-corrected chi connectivity index (χ3v) is 4.18. The summed E-state index contributed by atoms with van der Waals surface area (Å²) in [5, 5.41) is 6.82. The predicted octanol–water partition coefficient (Wildman–Crippen LogP) is 2.99. The summed E-state index contributed by atoms with van der Waals surface area (Å²) in [4.78, 5) is 4.35. The molecule has 0 spiro atoms. The van der Waals surface area contributed by atoms with Crippen molar-refractivity contribution in [3.63, 3.8) is 0 Å². The van der Waals surface area contributed by atoms with E-state index in [1.54, 1.807) is 11.3 Å². The Labute approximate surface area is 115 Å². The van der Waals surface area contributed by atoms with Crippen LogP contribution in [0.3, 0.4) is 0 Å². The molecule has 0 radical (unpaired) electrons. The van der Waals surface area contributed by atoms with Crippen LogP contribution in [-0.4, -0.2) is 24.1 Å². The van der Waals surface area contributed by atoms with Crippen LogP contribution in [0.1, 0.15) is 51.0 Å². The summed E-state index contributed by atoms with van der Waals surface area (Å²) in [5.74, 6) is 1.24. The molecule has 4 heteroatoms. The first-order valence-electron chi connectivity index (χ1n) is 6.95. The molecule has 18 heavy (non-hydrogen) atoms. The minimum Gasteiger partial charge on any atom is -0.328 e. The van der Waals surface area contributed by atoms with Gasteiger partial charge in [-0.15, -0.1) is 11.3 Å². The SMILES string of the molecule is CC(N)CCCC(C)CNCC(C)c1nccs1. The Morgan fingerprint density at radius 3 is 2.67 bits per heavy atom. The fraction of sp³-hybridized carbons (Fsp3) is 0.786. The van der Waals surface area contributed by atoms with Gasteiger partial charge in [-0.3, -0.25) is 0 Å². The van der Waals surface area contributed by atoms with Gasteiger partial charge in [-0.2, -0.15) is 0 Å². The lowest BCUT2D eigenvalue weighted by Crippen LogP contribution is -2.25. The van der Waals surface area contributed by atoms with Crippen LogP contribution in [0.15, 0.2) is 11.6 Å². The van der Waals surface area contributed by atoms with Gasteiger partial charge in [0.15, 0.2) is 0 Å². The predicted molar refractivity (Wildman–Crippen MR) is 80.1 cm³/mol. The first-order valence-corrected chi connectivity index (χ1v) is 7.83. The van der Waals surface area contributed by atoms with Crippen LogP contribution in [-0.2, 0) is 0 Å². The van der Waals surface area contributed by atoms with E-state index in [2.05, 4.69) is 31.1 Å². The lowest BCUT2D eigenvalue weighted by molar-refractivity contribution is 0.442. The van der Waals surface area contributed by atoms with Gasteiger partial charge in [0.25, 0.3) is 0 Å². The third kappa shape index (κ3) is 6.47. The molecule has 104 valence electrons. The van der Waals surface area contributed by atoms with Crippen LogP contribution in [0, 0.1) is 5.92 Å². The van der Waals surface area contributed by atoms with Crippen LogP contribution < -0.4 is 11.1 Å². The molecule has 1 heterocycles. The summed E-state index contributed by atoms with van der Waals surface area (Å²) in [6, 6.07) is 0.343. The van der Waals surface area contributed by atoms with E-state index in [0.29, 0.717) is 12.0 Å². The first kappa shape index (κ1) is 15.6. The number of rotatable bonds is 9. The number of hydrogen-bond acceptors (Lipinski definition) is 4. The molecule has 0 bridgehead atoms. The van der Waals surface area contributed by atoms with Gasteiger partial charge in [-0.25, -0.2) is 4.98 Å². The minimum atomic E-state index is 0.343. The number of nitrogens with two attached hydrogens (primary N) is 1. The Kier molecular flexibility index (Phi) is 7.47. The van der Waals surface area contributed by atoms with E-state index in [0.717, 1.165) is 25.4 Å². The maximum absolute atomic E-state index is 5.75. The minimum absolute atomic E-state index is 0.343. The largest absolute Gasteiger partial charge is 0.328 e. The maximum Gasteiger partial charge on any atom is 0.0965 e. The quantitative estimate of drug-likeness (QED) is 0.724. The summed E-state index contributed by atoms with van der Waals surface area (Å²) >= 11 is 1.74. The zero-order valence-electron chi connectivity index (χ0n) is 11.9. The average molecular weight is 269 g/mol. The zero-order valence-corrected chi connectivity index (χ0v) is 12.7. The van der Waals surface area contributed by atoms with Crippen LogP contribution in [0.2, 0.25) is 0 Å². The van der Waals surface area contributed by atoms with E-state index in [-0.39, 0.29) is 0 Å². The normalized spacial score (nSPS) is 16.4. The topological polar surface area (TPSA) is 50.9 Å². The summed E-state index contributed by atoms with van der Waals surface area (Å²) in [6.45, 7) is 8.73. The monoisotopic (exact) mass is 269 g/mol. The summed E-state index contributed by atoms with van der Waals surface area (Å²) in [5.41, 5.74) is 5.75. The van der Waals surface area contributed by atoms with Gasteiger partial charge >= 0.3 is 0 Å². The van der Waals surface area contributed by atoms with E-state index in [4.69, 9.17) is 5.73 Å². The highest BCUT2D eigenvalue weighted by Gasteiger charge is 2.08. The van der Waals surface area contributed by atoms with Gasteiger partial charge < -0.3 is 11.1 Å². The standard InChI is InChI=1S/C14H27N3S/c1-11(5-4-6-13(3)15)9-16-10-12(2)14-17-7-8-18-14/h7-8,11-13,16H,4-6,9-10,15H2,1-3H3. The number of hydrogen-bond donors (Lipinski definition) is 2. The second-order valence-electron chi connectivity index (χ2n) is 5.44. The van der Waals surface area contributed by atoms with Crippen molar-refractivity contribution in [3.05, 3.63) is 16.6 Å². The number of aromatic nitrogens is 1. The molecule has 0 aliphatic rings. The summed E-state index contributed by atoms with van der Waals surface area (Å²) in [7, 11) is 0. The lowest BCUT2D eigenvalue weighted by Gasteiger charge is -2.15. The molecule has 1 aromatic heterocycles. The second kappa shape index (κ2) is 8.62. The highest BCUT2D eigenvalue weighted by atomic mass is 32.1. The first-order chi connectivity index (χ1) is 8.59. The maximum atomic E-state index is 5.75. The van der Waals surface area contributed by atoms with Crippen molar-refractivity contribution in [2.24, 2.45) is 11.7 Å². The van der Waals surface area contributed by atoms with Crippen LogP contribution in [0.5, 0.6) is 0 Å². The van der Waals surface area contributed by atoms with E-state index in [1.807, 2.05) is 11.6 Å². The highest BCUT2D eigenvalue weighted by Crippen LogP contribution is 2.16. The van der Waals surface area contributed by atoms with E-state index in [9.17, 15) is 0 Å². The number of nitrogens with one attached hydrogen (secondary N) is 1. The smallest absolute Gasteiger partial charge is 0.0965 e. The van der Waals surface area contributed by atoms with Crippen LogP contribution in [0.4, 0.5) is 0 Å². The lowest BCUT2D eigenvalue weighted by atomic mass is 10.0. The van der Waals surface area contributed by atoms with Crippen molar-refractivity contribution in [3.8, 4) is 0 Å². The van der Waals surface area contributed by atoms with E-state index >= 15 is 0 Å². The molecular weight excluding hydrogens is 242 g/mol. The summed E-state index contributed by atoms with van der Waals surface area (Å²) < 4.78 is 0. The molecule has 0 aliphatic carbocycles. The van der Waals surface area contributed by atoms with E-state index < -0.39 is 0 Å². The van der Waals surface area contributed by atoms with Gasteiger partial charge in [0, 0.05) is 30.1 Å². The van der Waals surface area contributed by atoms with Crippen molar-refractivity contribution in [1.82, 2.24) is 10.3 Å². The second-order valence-corrected chi connectivity index (χ2v) is 6.37. The Bertz CT molecular complexity index is 298. The van der Waals surface area contributed by atoms with Crippen molar-refractivity contribution >= 4 is 11.3 Å². The van der Waals surface area contributed by atoms with Crippen molar-refractivity contribution in [2.75, 3.05) is 13.1 Å². The molecule has 3 atom stereocenters. The van der Waals surface area contributed by atoms with Crippen LogP contribution >= 0.6 is 11.3 Å². The molecule has 0 aromatic carbocycles. The van der Waals surface area contributed by atoms with Crippen molar-refractivity contribution in [1.29, 1.82) is 0 Å². The molecule has 0 fully saturated rings. The van der Waals surface area contributed by atoms with Gasteiger partial charge in [-0.05, 0) is 32.2 Å².